The summed E-state index contributed by atoms with van der Waals surface area (Å²) < 4.78 is 67.6. The van der Waals surface area contributed by atoms with Gasteiger partial charge in [-0.05, 0) is 35.9 Å². The Balaban J connectivity index is 1.77. The lowest BCUT2D eigenvalue weighted by molar-refractivity contribution is 0.0551. The van der Waals surface area contributed by atoms with Crippen LogP contribution in [-0.4, -0.2) is 30.1 Å². The van der Waals surface area contributed by atoms with Crippen molar-refractivity contribution in [2.45, 2.75) is 10.3 Å². The Morgan fingerprint density at radius 2 is 1.68 bits per heavy atom. The van der Waals surface area contributed by atoms with E-state index in [1.165, 1.54) is 24.3 Å². The largest absolute Gasteiger partial charge is 0.400 e. The molecule has 0 bridgehead atoms. The maximum Gasteiger partial charge on any atom is 0.400 e. The van der Waals surface area contributed by atoms with Crippen LogP contribution in [0.3, 0.4) is 0 Å². The molecule has 1 heterocycles. The second-order valence-electron chi connectivity index (χ2n) is 5.63. The Labute approximate surface area is 161 Å². The standard InChI is InChI=1S/C17H10ClF3N2O4S/c18-17(20,21)16-22-15(23-27-16)11-3-1-10(2-4-11)14(24)9-28(25,26)13-7-5-12(19)6-8-13/h1-8H,9H2. The fourth-order valence-electron chi connectivity index (χ4n) is 2.24. The fraction of sp³-hybridized carbons (Fsp3) is 0.118. The van der Waals surface area contributed by atoms with Crippen LogP contribution in [0.15, 0.2) is 57.9 Å². The molecule has 28 heavy (non-hydrogen) atoms. The number of sulfone groups is 1. The molecule has 0 aliphatic rings. The third-order valence-electron chi connectivity index (χ3n) is 3.63. The van der Waals surface area contributed by atoms with E-state index >= 15 is 0 Å². The van der Waals surface area contributed by atoms with Crippen LogP contribution in [-0.2, 0) is 15.2 Å². The number of carbonyl (C=O) groups is 1. The first-order chi connectivity index (χ1) is 13.1. The molecule has 0 spiro atoms. The van der Waals surface area contributed by atoms with Gasteiger partial charge in [-0.3, -0.25) is 4.79 Å². The average molecular weight is 431 g/mol. The molecular formula is C17H10ClF3N2O4S. The van der Waals surface area contributed by atoms with Crippen molar-refractivity contribution < 1.29 is 30.9 Å². The second kappa shape index (κ2) is 7.36. The molecule has 0 N–H and O–H groups in total. The van der Waals surface area contributed by atoms with Gasteiger partial charge in [-0.25, -0.2) is 12.8 Å². The average Bonchev–Trinajstić information content (AvgIpc) is 3.12. The first-order valence-electron chi connectivity index (χ1n) is 7.59. The number of aromatic nitrogens is 2. The van der Waals surface area contributed by atoms with Crippen LogP contribution in [0.25, 0.3) is 11.4 Å². The zero-order chi connectivity index (χ0) is 20.5. The van der Waals surface area contributed by atoms with Crippen molar-refractivity contribution in [1.29, 1.82) is 0 Å². The maximum absolute atomic E-state index is 12.9. The Bertz CT molecular complexity index is 1110. The Morgan fingerprint density at radius 1 is 1.07 bits per heavy atom. The van der Waals surface area contributed by atoms with Gasteiger partial charge in [-0.15, -0.1) is 0 Å². The maximum atomic E-state index is 12.9. The predicted octanol–water partition coefficient (Wildman–Crippen LogP) is 3.82. The van der Waals surface area contributed by atoms with Crippen LogP contribution in [0.5, 0.6) is 0 Å². The molecule has 11 heteroatoms. The Kier molecular flexibility index (Phi) is 5.26. The smallest absolute Gasteiger partial charge is 0.331 e. The number of nitrogens with zero attached hydrogens (tertiary/aromatic N) is 2. The highest BCUT2D eigenvalue weighted by molar-refractivity contribution is 7.92. The molecule has 0 atom stereocenters. The van der Waals surface area contributed by atoms with Crippen molar-refractivity contribution in [2.24, 2.45) is 0 Å². The number of hydrogen-bond donors (Lipinski definition) is 0. The molecule has 146 valence electrons. The molecule has 0 unspecified atom stereocenters. The van der Waals surface area contributed by atoms with Crippen molar-refractivity contribution in [2.75, 3.05) is 5.75 Å². The van der Waals surface area contributed by atoms with Crippen molar-refractivity contribution >= 4 is 27.2 Å². The van der Waals surface area contributed by atoms with E-state index in [4.69, 9.17) is 11.6 Å². The van der Waals surface area contributed by atoms with Crippen molar-refractivity contribution in [3.05, 3.63) is 65.8 Å². The number of ketones is 1. The van der Waals surface area contributed by atoms with Crippen LogP contribution < -0.4 is 0 Å². The summed E-state index contributed by atoms with van der Waals surface area (Å²) in [4.78, 5) is 15.5. The van der Waals surface area contributed by atoms with Gasteiger partial charge in [0, 0.05) is 11.1 Å². The summed E-state index contributed by atoms with van der Waals surface area (Å²) in [7, 11) is -3.95. The molecule has 0 aliphatic carbocycles. The number of carbonyl (C=O) groups excluding carboxylic acids is 1. The molecule has 0 saturated heterocycles. The molecule has 0 aliphatic heterocycles. The van der Waals surface area contributed by atoms with Gasteiger partial charge in [0.25, 0.3) is 0 Å². The number of halogens is 4. The van der Waals surface area contributed by atoms with Crippen molar-refractivity contribution in [1.82, 2.24) is 10.1 Å². The second-order valence-corrected chi connectivity index (χ2v) is 8.10. The zero-order valence-electron chi connectivity index (χ0n) is 13.8. The van der Waals surface area contributed by atoms with Gasteiger partial charge in [-0.2, -0.15) is 13.8 Å². The summed E-state index contributed by atoms with van der Waals surface area (Å²) in [5, 5.41) is -0.438. The lowest BCUT2D eigenvalue weighted by atomic mass is 10.1. The third kappa shape index (κ3) is 4.39. The van der Waals surface area contributed by atoms with E-state index in [2.05, 4.69) is 14.7 Å². The molecule has 0 fully saturated rings. The number of rotatable bonds is 6. The molecule has 3 rings (SSSR count). The first kappa shape index (κ1) is 20.0. The van der Waals surface area contributed by atoms with E-state index in [1.807, 2.05) is 0 Å². The normalized spacial score (nSPS) is 12.1. The summed E-state index contributed by atoms with van der Waals surface area (Å²) in [6.45, 7) is 0. The van der Waals surface area contributed by atoms with E-state index in [1.54, 1.807) is 0 Å². The topological polar surface area (TPSA) is 90.1 Å². The Hall–Kier alpha value is -2.72. The monoisotopic (exact) mass is 430 g/mol. The van der Waals surface area contributed by atoms with Gasteiger partial charge in [0.2, 0.25) is 5.82 Å². The quantitative estimate of drug-likeness (QED) is 0.335. The van der Waals surface area contributed by atoms with Gasteiger partial charge in [0.1, 0.15) is 11.6 Å². The predicted molar refractivity (Wildman–Crippen MR) is 92.3 cm³/mol. The minimum absolute atomic E-state index is 0.0702. The summed E-state index contributed by atoms with van der Waals surface area (Å²) in [5.74, 6) is -3.36. The van der Waals surface area contributed by atoms with Crippen LogP contribution in [0.2, 0.25) is 0 Å². The lowest BCUT2D eigenvalue weighted by Gasteiger charge is -2.05. The molecule has 0 amide bonds. The summed E-state index contributed by atoms with van der Waals surface area (Å²) >= 11 is 4.79. The number of benzene rings is 2. The molecular weight excluding hydrogens is 421 g/mol. The van der Waals surface area contributed by atoms with Gasteiger partial charge in [0.05, 0.1) is 4.90 Å². The van der Waals surface area contributed by atoms with E-state index in [-0.39, 0.29) is 21.8 Å². The van der Waals surface area contributed by atoms with Crippen LogP contribution in [0.4, 0.5) is 13.2 Å². The van der Waals surface area contributed by atoms with Crippen LogP contribution >= 0.6 is 11.6 Å². The van der Waals surface area contributed by atoms with Crippen molar-refractivity contribution in [3.63, 3.8) is 0 Å². The molecule has 0 radical (unpaired) electrons. The lowest BCUT2D eigenvalue weighted by Crippen LogP contribution is -2.16. The number of hydrogen-bond acceptors (Lipinski definition) is 6. The molecule has 6 nitrogen and oxygen atoms in total. The van der Waals surface area contributed by atoms with Gasteiger partial charge < -0.3 is 4.52 Å². The number of alkyl halides is 3. The molecule has 1 aromatic heterocycles. The fourth-order valence-corrected chi connectivity index (χ4v) is 3.55. The highest BCUT2D eigenvalue weighted by Crippen LogP contribution is 2.32. The van der Waals surface area contributed by atoms with Crippen molar-refractivity contribution in [3.8, 4) is 11.4 Å². The van der Waals surface area contributed by atoms with Gasteiger partial charge in [-0.1, -0.05) is 29.4 Å². The first-order valence-corrected chi connectivity index (χ1v) is 9.62. The zero-order valence-corrected chi connectivity index (χ0v) is 15.3. The number of Topliss-reactive ketones (excluding diaryl/α,β-unsaturated/α-hetero) is 1. The van der Waals surface area contributed by atoms with E-state index in [0.29, 0.717) is 0 Å². The van der Waals surface area contributed by atoms with Gasteiger partial charge >= 0.3 is 11.3 Å². The summed E-state index contributed by atoms with van der Waals surface area (Å²) in [6.07, 6.45) is 0. The SMILES string of the molecule is O=C(CS(=O)(=O)c1ccc(F)cc1)c1ccc(-c2noc(C(F)(F)Cl)n2)cc1. The van der Waals surface area contributed by atoms with E-state index in [0.717, 1.165) is 24.3 Å². The molecule has 3 aromatic rings. The summed E-state index contributed by atoms with van der Waals surface area (Å²) in [6, 6.07) is 9.39. The highest BCUT2D eigenvalue weighted by atomic mass is 35.5. The Morgan fingerprint density at radius 3 is 2.21 bits per heavy atom. The highest BCUT2D eigenvalue weighted by Gasteiger charge is 2.35. The minimum Gasteiger partial charge on any atom is -0.331 e. The van der Waals surface area contributed by atoms with E-state index in [9.17, 15) is 26.4 Å². The van der Waals surface area contributed by atoms with E-state index < -0.39 is 38.5 Å². The minimum atomic E-state index is -3.95. The molecule has 0 saturated carbocycles. The van der Waals surface area contributed by atoms with Gasteiger partial charge in [0.15, 0.2) is 15.6 Å². The summed E-state index contributed by atoms with van der Waals surface area (Å²) in [5.41, 5.74) is 0.328. The molecule has 2 aromatic carbocycles. The van der Waals surface area contributed by atoms with Crippen LogP contribution in [0.1, 0.15) is 16.2 Å². The third-order valence-corrected chi connectivity index (χ3v) is 5.42. The van der Waals surface area contributed by atoms with Crippen LogP contribution in [0, 0.1) is 5.82 Å².